The van der Waals surface area contributed by atoms with Crippen molar-refractivity contribution in [1.82, 2.24) is 9.91 Å². The summed E-state index contributed by atoms with van der Waals surface area (Å²) in [5.74, 6) is -0.458. The number of hydrazone groups is 1. The number of carbonyl (C=O) groups excluding carboxylic acids is 1. The second-order valence-corrected chi connectivity index (χ2v) is 8.48. The molecule has 0 spiro atoms. The van der Waals surface area contributed by atoms with Crippen molar-refractivity contribution in [2.45, 2.75) is 32.9 Å². The Morgan fingerprint density at radius 1 is 1.03 bits per heavy atom. The van der Waals surface area contributed by atoms with Gasteiger partial charge in [0.15, 0.2) is 0 Å². The molecule has 164 valence electrons. The molecule has 1 unspecified atom stereocenters. The van der Waals surface area contributed by atoms with E-state index in [1.165, 1.54) is 22.2 Å². The summed E-state index contributed by atoms with van der Waals surface area (Å²) >= 11 is 0. The number of rotatable bonds is 6. The van der Waals surface area contributed by atoms with Gasteiger partial charge in [-0.05, 0) is 55.3 Å². The van der Waals surface area contributed by atoms with Crippen LogP contribution in [-0.2, 0) is 11.3 Å². The molecule has 5 heteroatoms. The van der Waals surface area contributed by atoms with Crippen LogP contribution in [0.1, 0.15) is 40.3 Å². The first-order valence-corrected chi connectivity index (χ1v) is 10.9. The molecule has 32 heavy (non-hydrogen) atoms. The third kappa shape index (κ3) is 4.78. The van der Waals surface area contributed by atoms with Gasteiger partial charge in [-0.15, -0.1) is 0 Å². The topological polar surface area (TPSA) is 35.9 Å². The molecule has 1 amide bonds. The van der Waals surface area contributed by atoms with Crippen LogP contribution < -0.4 is 0 Å². The zero-order valence-electron chi connectivity index (χ0n) is 18.8. The zero-order chi connectivity index (χ0) is 22.7. The van der Waals surface area contributed by atoms with E-state index in [-0.39, 0.29) is 18.3 Å². The molecule has 1 heterocycles. The van der Waals surface area contributed by atoms with Crippen molar-refractivity contribution in [3.05, 3.63) is 106 Å². The second kappa shape index (κ2) is 9.45. The van der Waals surface area contributed by atoms with Crippen LogP contribution in [0.4, 0.5) is 4.39 Å². The lowest BCUT2D eigenvalue weighted by atomic mass is 9.96. The molecule has 4 nitrogen and oxygen atoms in total. The first-order chi connectivity index (χ1) is 15.4. The molecule has 3 aromatic rings. The first-order valence-electron chi connectivity index (χ1n) is 10.9. The molecule has 0 bridgehead atoms. The third-order valence-electron chi connectivity index (χ3n) is 5.97. The summed E-state index contributed by atoms with van der Waals surface area (Å²) in [4.78, 5) is 15.3. The highest BCUT2D eigenvalue weighted by Gasteiger charge is 2.34. The number of nitrogens with zero attached hydrogens (tertiary/aromatic N) is 3. The Hall–Kier alpha value is -3.31. The van der Waals surface area contributed by atoms with Crippen LogP contribution in [0.3, 0.4) is 0 Å². The second-order valence-electron chi connectivity index (χ2n) is 8.48. The Bertz CT molecular complexity index is 1140. The highest BCUT2D eigenvalue weighted by Crippen LogP contribution is 2.34. The van der Waals surface area contributed by atoms with Gasteiger partial charge < -0.3 is 0 Å². The minimum absolute atomic E-state index is 0.143. The number of likely N-dealkylation sites (N-methyl/N-ethyl adjacent to an activating group) is 1. The van der Waals surface area contributed by atoms with Crippen LogP contribution in [0.5, 0.6) is 0 Å². The summed E-state index contributed by atoms with van der Waals surface area (Å²) < 4.78 is 14.7. The van der Waals surface area contributed by atoms with Crippen LogP contribution in [0.25, 0.3) is 0 Å². The van der Waals surface area contributed by atoms with E-state index in [1.807, 2.05) is 48.3 Å². The average molecular weight is 430 g/mol. The van der Waals surface area contributed by atoms with Gasteiger partial charge in [0, 0.05) is 18.5 Å². The van der Waals surface area contributed by atoms with Crippen LogP contribution in [0.15, 0.2) is 77.9 Å². The predicted octanol–water partition coefficient (Wildman–Crippen LogP) is 5.25. The first kappa shape index (κ1) is 21.9. The molecule has 0 aliphatic carbocycles. The fourth-order valence-corrected chi connectivity index (χ4v) is 4.08. The van der Waals surface area contributed by atoms with Crippen LogP contribution >= 0.6 is 0 Å². The van der Waals surface area contributed by atoms with E-state index in [0.717, 1.165) is 16.8 Å². The Balaban J connectivity index is 1.60. The van der Waals surface area contributed by atoms with Gasteiger partial charge in [-0.2, -0.15) is 5.10 Å². The van der Waals surface area contributed by atoms with Crippen LogP contribution in [0, 0.1) is 19.7 Å². The van der Waals surface area contributed by atoms with E-state index in [2.05, 4.69) is 26.0 Å². The lowest BCUT2D eigenvalue weighted by molar-refractivity contribution is -0.134. The molecular formula is C27H28FN3O. The Kier molecular flexibility index (Phi) is 6.47. The Morgan fingerprint density at radius 3 is 2.47 bits per heavy atom. The maximum Gasteiger partial charge on any atom is 0.257 e. The lowest BCUT2D eigenvalue weighted by Crippen LogP contribution is -2.36. The van der Waals surface area contributed by atoms with Crippen molar-refractivity contribution in [2.75, 3.05) is 13.6 Å². The maximum atomic E-state index is 14.7. The minimum atomic E-state index is -0.453. The third-order valence-corrected chi connectivity index (χ3v) is 5.97. The van der Waals surface area contributed by atoms with E-state index >= 15 is 0 Å². The summed E-state index contributed by atoms with van der Waals surface area (Å²) in [6, 6.07) is 22.4. The summed E-state index contributed by atoms with van der Waals surface area (Å²) in [5, 5.41) is 6.17. The Morgan fingerprint density at radius 2 is 1.75 bits per heavy atom. The number of halogens is 1. The van der Waals surface area contributed by atoms with E-state index in [9.17, 15) is 9.18 Å². The summed E-state index contributed by atoms with van der Waals surface area (Å²) in [5.41, 5.74) is 5.78. The van der Waals surface area contributed by atoms with Gasteiger partial charge in [0.1, 0.15) is 5.82 Å². The predicted molar refractivity (Wildman–Crippen MR) is 126 cm³/mol. The van der Waals surface area contributed by atoms with Gasteiger partial charge in [-0.3, -0.25) is 9.69 Å². The van der Waals surface area contributed by atoms with Crippen LogP contribution in [0.2, 0.25) is 0 Å². The smallest absolute Gasteiger partial charge is 0.257 e. The maximum absolute atomic E-state index is 14.7. The van der Waals surface area contributed by atoms with Crippen molar-refractivity contribution in [3.63, 3.8) is 0 Å². The van der Waals surface area contributed by atoms with E-state index in [4.69, 9.17) is 5.10 Å². The highest BCUT2D eigenvalue weighted by atomic mass is 19.1. The van der Waals surface area contributed by atoms with E-state index in [0.29, 0.717) is 18.5 Å². The molecule has 0 fully saturated rings. The van der Waals surface area contributed by atoms with Gasteiger partial charge in [0.25, 0.3) is 5.91 Å². The molecule has 1 aliphatic heterocycles. The average Bonchev–Trinajstić information content (AvgIpc) is 3.22. The molecule has 0 saturated heterocycles. The number of hydrogen-bond donors (Lipinski definition) is 0. The molecule has 1 aliphatic rings. The molecule has 3 aromatic carbocycles. The number of hydrogen-bond acceptors (Lipinski definition) is 3. The number of aryl methyl sites for hydroxylation is 2. The van der Waals surface area contributed by atoms with E-state index < -0.39 is 6.04 Å². The number of amides is 1. The monoisotopic (exact) mass is 429 g/mol. The molecule has 0 N–H and O–H groups in total. The largest absolute Gasteiger partial charge is 0.293 e. The normalized spacial score (nSPS) is 15.8. The van der Waals surface area contributed by atoms with Crippen molar-refractivity contribution in [2.24, 2.45) is 5.10 Å². The fraction of sp³-hybridized carbons (Fsp3) is 0.259. The number of carbonyl (C=O) groups is 1. The van der Waals surface area contributed by atoms with Gasteiger partial charge in [-0.1, -0.05) is 60.7 Å². The molecule has 1 atom stereocenters. The number of benzene rings is 3. The van der Waals surface area contributed by atoms with Crippen molar-refractivity contribution in [1.29, 1.82) is 0 Å². The Labute approximate surface area is 189 Å². The molecule has 0 radical (unpaired) electrons. The van der Waals surface area contributed by atoms with Crippen molar-refractivity contribution in [3.8, 4) is 0 Å². The summed E-state index contributed by atoms with van der Waals surface area (Å²) in [6.07, 6.45) is 0.484. The minimum Gasteiger partial charge on any atom is -0.293 e. The highest BCUT2D eigenvalue weighted by molar-refractivity contribution is 6.03. The molecule has 0 saturated carbocycles. The zero-order valence-corrected chi connectivity index (χ0v) is 18.8. The van der Waals surface area contributed by atoms with Gasteiger partial charge in [0.2, 0.25) is 0 Å². The van der Waals surface area contributed by atoms with Crippen LogP contribution in [-0.4, -0.2) is 35.1 Å². The summed E-state index contributed by atoms with van der Waals surface area (Å²) in [6.45, 7) is 4.97. The van der Waals surface area contributed by atoms with Crippen molar-refractivity contribution >= 4 is 11.6 Å². The van der Waals surface area contributed by atoms with Crippen molar-refractivity contribution < 1.29 is 9.18 Å². The summed E-state index contributed by atoms with van der Waals surface area (Å²) in [7, 11) is 1.91. The SMILES string of the molecule is Cc1ccc(C2=NN(C(=O)CN(C)Cc3ccccc3)C(c3ccccc3F)C2)cc1C. The van der Waals surface area contributed by atoms with Gasteiger partial charge >= 0.3 is 0 Å². The standard InChI is InChI=1S/C27H28FN3O/c1-19-13-14-22(15-20(19)2)25-16-26(23-11-7-8-12-24(23)28)31(29-25)27(32)18-30(3)17-21-9-5-4-6-10-21/h4-15,26H,16-18H2,1-3H3. The van der Waals surface area contributed by atoms with E-state index in [1.54, 1.807) is 18.2 Å². The molecule has 4 rings (SSSR count). The lowest BCUT2D eigenvalue weighted by Gasteiger charge is -2.25. The van der Waals surface area contributed by atoms with Gasteiger partial charge in [-0.25, -0.2) is 9.40 Å². The molecule has 0 aromatic heterocycles. The quantitative estimate of drug-likeness (QED) is 0.536. The fourth-order valence-electron chi connectivity index (χ4n) is 4.08. The molecular weight excluding hydrogens is 401 g/mol. The van der Waals surface area contributed by atoms with Gasteiger partial charge in [0.05, 0.1) is 18.3 Å².